The van der Waals surface area contributed by atoms with Gasteiger partial charge < -0.3 is 10.4 Å². The number of nitrogens with one attached hydrogen (secondary N) is 1. The van der Waals surface area contributed by atoms with Gasteiger partial charge in [-0.3, -0.25) is 0 Å². The number of aromatic carboxylic acids is 1. The largest absolute Gasteiger partial charge is 0.476 e. The molecule has 0 bridgehead atoms. The summed E-state index contributed by atoms with van der Waals surface area (Å²) in [5, 5.41) is 13.1. The predicted molar refractivity (Wildman–Crippen MR) is 65.3 cm³/mol. The first-order chi connectivity index (χ1) is 7.04. The van der Waals surface area contributed by atoms with Crippen LogP contribution in [0.25, 0.3) is 0 Å². The fraction of sp³-hybridized carbons (Fsp3) is 0.556. The summed E-state index contributed by atoms with van der Waals surface area (Å²) in [5.74, 6) is -0.963. The number of thiazole rings is 1. The monoisotopic (exact) mass is 246 g/mol. The van der Waals surface area contributed by atoms with Crippen LogP contribution in [0.15, 0.2) is 0 Å². The van der Waals surface area contributed by atoms with Crippen LogP contribution in [0, 0.1) is 6.92 Å². The number of anilines is 1. The standard InChI is InChI=1S/C9H14N2O2S2/c1-5(14-3)4-10-9-11-7(8(12)13)6(2)15-9/h5H,4H2,1-3H3,(H,10,11)(H,12,13). The van der Waals surface area contributed by atoms with Crippen molar-refractivity contribution in [2.24, 2.45) is 0 Å². The first kappa shape index (κ1) is 12.3. The van der Waals surface area contributed by atoms with E-state index < -0.39 is 5.97 Å². The summed E-state index contributed by atoms with van der Waals surface area (Å²) in [6.07, 6.45) is 2.04. The molecule has 1 unspecified atom stereocenters. The number of aromatic nitrogens is 1. The van der Waals surface area contributed by atoms with Gasteiger partial charge in [-0.2, -0.15) is 11.8 Å². The van der Waals surface area contributed by atoms with Crippen LogP contribution < -0.4 is 5.32 Å². The van der Waals surface area contributed by atoms with Gasteiger partial charge in [0.2, 0.25) is 0 Å². The van der Waals surface area contributed by atoms with Gasteiger partial charge in [-0.15, -0.1) is 11.3 Å². The summed E-state index contributed by atoms with van der Waals surface area (Å²) in [6.45, 7) is 4.67. The van der Waals surface area contributed by atoms with E-state index in [0.717, 1.165) is 11.4 Å². The van der Waals surface area contributed by atoms with Crippen molar-refractivity contribution in [2.45, 2.75) is 19.1 Å². The van der Waals surface area contributed by atoms with Crippen molar-refractivity contribution in [1.82, 2.24) is 4.98 Å². The zero-order chi connectivity index (χ0) is 11.4. The molecule has 1 aromatic rings. The van der Waals surface area contributed by atoms with Gasteiger partial charge in [0.15, 0.2) is 10.8 Å². The van der Waals surface area contributed by atoms with E-state index in [1.54, 1.807) is 18.7 Å². The Morgan fingerprint density at radius 2 is 2.40 bits per heavy atom. The van der Waals surface area contributed by atoms with Gasteiger partial charge in [0.05, 0.1) is 0 Å². The van der Waals surface area contributed by atoms with Crippen molar-refractivity contribution >= 4 is 34.2 Å². The second-order valence-electron chi connectivity index (χ2n) is 3.16. The highest BCUT2D eigenvalue weighted by Crippen LogP contribution is 2.22. The van der Waals surface area contributed by atoms with E-state index in [1.807, 2.05) is 6.26 Å². The van der Waals surface area contributed by atoms with Gasteiger partial charge in [-0.1, -0.05) is 6.92 Å². The molecule has 4 nitrogen and oxygen atoms in total. The molecule has 15 heavy (non-hydrogen) atoms. The molecule has 1 heterocycles. The van der Waals surface area contributed by atoms with E-state index in [1.165, 1.54) is 11.3 Å². The van der Waals surface area contributed by atoms with Crippen LogP contribution in [-0.2, 0) is 0 Å². The molecule has 0 amide bonds. The van der Waals surface area contributed by atoms with Crippen molar-refractivity contribution in [3.63, 3.8) is 0 Å². The van der Waals surface area contributed by atoms with E-state index in [0.29, 0.717) is 10.4 Å². The van der Waals surface area contributed by atoms with Gasteiger partial charge in [0, 0.05) is 16.7 Å². The number of hydrogen-bond donors (Lipinski definition) is 2. The number of carboxylic acid groups (broad SMARTS) is 1. The minimum absolute atomic E-state index is 0.152. The molecule has 0 saturated carbocycles. The Morgan fingerprint density at radius 3 is 2.87 bits per heavy atom. The molecular formula is C9H14N2O2S2. The Bertz CT molecular complexity index is 352. The van der Waals surface area contributed by atoms with E-state index in [9.17, 15) is 4.79 Å². The lowest BCUT2D eigenvalue weighted by Crippen LogP contribution is -2.12. The minimum atomic E-state index is -0.963. The normalized spacial score (nSPS) is 12.5. The molecule has 0 radical (unpaired) electrons. The van der Waals surface area contributed by atoms with Gasteiger partial charge in [0.25, 0.3) is 0 Å². The van der Waals surface area contributed by atoms with Gasteiger partial charge in [-0.25, -0.2) is 9.78 Å². The van der Waals surface area contributed by atoms with E-state index in [4.69, 9.17) is 5.11 Å². The number of hydrogen-bond acceptors (Lipinski definition) is 5. The van der Waals surface area contributed by atoms with E-state index in [-0.39, 0.29) is 5.69 Å². The van der Waals surface area contributed by atoms with Crippen LogP contribution in [0.1, 0.15) is 22.3 Å². The smallest absolute Gasteiger partial charge is 0.355 e. The molecule has 2 N–H and O–H groups in total. The summed E-state index contributed by atoms with van der Waals surface area (Å²) < 4.78 is 0. The van der Waals surface area contributed by atoms with Crippen molar-refractivity contribution in [1.29, 1.82) is 0 Å². The summed E-state index contributed by atoms with van der Waals surface area (Å²) >= 11 is 3.14. The number of aryl methyl sites for hydroxylation is 1. The van der Waals surface area contributed by atoms with Gasteiger partial charge in [-0.05, 0) is 13.2 Å². The molecule has 0 aliphatic heterocycles. The zero-order valence-electron chi connectivity index (χ0n) is 8.90. The lowest BCUT2D eigenvalue weighted by molar-refractivity contribution is 0.0690. The van der Waals surface area contributed by atoms with Crippen LogP contribution in [0.4, 0.5) is 5.13 Å². The van der Waals surface area contributed by atoms with Crippen LogP contribution in [0.2, 0.25) is 0 Å². The molecule has 1 rings (SSSR count). The number of carboxylic acids is 1. The molecule has 0 saturated heterocycles. The highest BCUT2D eigenvalue weighted by Gasteiger charge is 2.13. The molecule has 1 aromatic heterocycles. The number of carbonyl (C=O) groups is 1. The summed E-state index contributed by atoms with van der Waals surface area (Å²) in [7, 11) is 0. The molecule has 0 aliphatic rings. The van der Waals surface area contributed by atoms with Crippen LogP contribution in [-0.4, -0.2) is 34.1 Å². The van der Waals surface area contributed by atoms with Gasteiger partial charge >= 0.3 is 5.97 Å². The maximum atomic E-state index is 10.7. The second-order valence-corrected chi connectivity index (χ2v) is 5.64. The Morgan fingerprint density at radius 1 is 1.73 bits per heavy atom. The SMILES string of the molecule is CSC(C)CNc1nc(C(=O)O)c(C)s1. The molecule has 0 spiro atoms. The summed E-state index contributed by atoms with van der Waals surface area (Å²) in [4.78, 5) is 15.5. The van der Waals surface area contributed by atoms with E-state index in [2.05, 4.69) is 17.2 Å². The third kappa shape index (κ3) is 3.39. The number of nitrogens with zero attached hydrogens (tertiary/aromatic N) is 1. The van der Waals surface area contributed by atoms with Crippen molar-refractivity contribution in [3.8, 4) is 0 Å². The zero-order valence-corrected chi connectivity index (χ0v) is 10.5. The van der Waals surface area contributed by atoms with Crippen LogP contribution in [0.5, 0.6) is 0 Å². The highest BCUT2D eigenvalue weighted by molar-refractivity contribution is 7.99. The average Bonchev–Trinajstić information content (AvgIpc) is 2.56. The highest BCUT2D eigenvalue weighted by atomic mass is 32.2. The Labute approximate surface area is 97.1 Å². The Balaban J connectivity index is 2.63. The second kappa shape index (κ2) is 5.37. The minimum Gasteiger partial charge on any atom is -0.476 e. The molecular weight excluding hydrogens is 232 g/mol. The number of thioether (sulfide) groups is 1. The Kier molecular flexibility index (Phi) is 4.41. The maximum absolute atomic E-state index is 10.7. The molecule has 0 fully saturated rings. The average molecular weight is 246 g/mol. The lowest BCUT2D eigenvalue weighted by atomic mass is 10.4. The van der Waals surface area contributed by atoms with Crippen LogP contribution >= 0.6 is 23.1 Å². The van der Waals surface area contributed by atoms with Crippen LogP contribution in [0.3, 0.4) is 0 Å². The molecule has 84 valence electrons. The summed E-state index contributed by atoms with van der Waals surface area (Å²) in [6, 6.07) is 0. The quantitative estimate of drug-likeness (QED) is 0.834. The van der Waals surface area contributed by atoms with Crippen molar-refractivity contribution in [2.75, 3.05) is 18.1 Å². The lowest BCUT2D eigenvalue weighted by Gasteiger charge is -2.07. The fourth-order valence-electron chi connectivity index (χ4n) is 0.985. The Hall–Kier alpha value is -0.750. The third-order valence-corrected chi connectivity index (χ3v) is 3.84. The topological polar surface area (TPSA) is 62.2 Å². The molecule has 0 aliphatic carbocycles. The summed E-state index contributed by atoms with van der Waals surface area (Å²) in [5.41, 5.74) is 0.152. The number of rotatable bonds is 5. The molecule has 6 heteroatoms. The maximum Gasteiger partial charge on any atom is 0.355 e. The van der Waals surface area contributed by atoms with Crippen molar-refractivity contribution in [3.05, 3.63) is 10.6 Å². The van der Waals surface area contributed by atoms with E-state index >= 15 is 0 Å². The fourth-order valence-corrected chi connectivity index (χ4v) is 2.05. The first-order valence-corrected chi connectivity index (χ1v) is 6.62. The molecule has 0 aromatic carbocycles. The van der Waals surface area contributed by atoms with Gasteiger partial charge in [0.1, 0.15) is 0 Å². The predicted octanol–water partition coefficient (Wildman–Crippen LogP) is 2.31. The molecule has 1 atom stereocenters. The first-order valence-electron chi connectivity index (χ1n) is 4.52. The van der Waals surface area contributed by atoms with Crippen molar-refractivity contribution < 1.29 is 9.90 Å². The third-order valence-electron chi connectivity index (χ3n) is 1.94.